The predicted octanol–water partition coefficient (Wildman–Crippen LogP) is 1.77. The summed E-state index contributed by atoms with van der Waals surface area (Å²) in [6, 6.07) is 1.15. The van der Waals surface area contributed by atoms with Gasteiger partial charge in [0.1, 0.15) is 5.82 Å². The van der Waals surface area contributed by atoms with Crippen LogP contribution in [0.15, 0.2) is 16.7 Å². The van der Waals surface area contributed by atoms with Gasteiger partial charge in [-0.2, -0.15) is 0 Å². The van der Waals surface area contributed by atoms with Gasteiger partial charge in [0.25, 0.3) is 0 Å². The fourth-order valence-electron chi connectivity index (χ4n) is 0.661. The fraction of sp³-hybridized carbons (Fsp3) is 0.143. The van der Waals surface area contributed by atoms with Gasteiger partial charge < -0.3 is 4.74 Å². The summed E-state index contributed by atoms with van der Waals surface area (Å²) in [6.45, 7) is 0. The Kier molecular flexibility index (Phi) is 2.75. The molecule has 0 unspecified atom stereocenters. The van der Waals surface area contributed by atoms with Gasteiger partial charge in [-0.3, -0.25) is 0 Å². The molecule has 0 aliphatic heterocycles. The summed E-state index contributed by atoms with van der Waals surface area (Å²) in [5.74, 6) is -1.10. The van der Waals surface area contributed by atoms with E-state index in [2.05, 4.69) is 25.7 Å². The number of halogens is 2. The molecule has 3 nitrogen and oxygen atoms in total. The normalized spacial score (nSPS) is 9.58. The molecule has 0 fully saturated rings. The molecule has 12 heavy (non-hydrogen) atoms. The zero-order valence-electron chi connectivity index (χ0n) is 6.17. The second kappa shape index (κ2) is 3.62. The molecule has 0 amide bonds. The Hall–Kier alpha value is -0.970. The first kappa shape index (κ1) is 9.12. The Bertz CT molecular complexity index is 316. The molecule has 0 aromatic carbocycles. The average molecular weight is 234 g/mol. The van der Waals surface area contributed by atoms with Crippen molar-refractivity contribution < 1.29 is 13.9 Å². The number of ether oxygens (including phenoxy) is 1. The molecule has 5 heteroatoms. The van der Waals surface area contributed by atoms with Gasteiger partial charge in [0.2, 0.25) is 0 Å². The second-order valence-corrected chi connectivity index (χ2v) is 2.83. The van der Waals surface area contributed by atoms with E-state index < -0.39 is 11.8 Å². The lowest BCUT2D eigenvalue weighted by molar-refractivity contribution is 0.0593. The van der Waals surface area contributed by atoms with Crippen molar-refractivity contribution in [1.29, 1.82) is 0 Å². The maximum Gasteiger partial charge on any atom is 0.357 e. The smallest absolute Gasteiger partial charge is 0.357 e. The third-order valence-corrected chi connectivity index (χ3v) is 1.79. The van der Waals surface area contributed by atoms with E-state index >= 15 is 0 Å². The number of aromatic nitrogens is 1. The monoisotopic (exact) mass is 233 g/mol. The van der Waals surface area contributed by atoms with Crippen molar-refractivity contribution in [2.45, 2.75) is 0 Å². The summed E-state index contributed by atoms with van der Waals surface area (Å²) in [6.07, 6.45) is 0.955. The standard InChI is InChI=1S/C7H5BrFNO2/c1-12-7(11)6-5(8)2-4(9)3-10-6/h2-3H,1H3. The minimum atomic E-state index is -0.595. The van der Waals surface area contributed by atoms with E-state index in [4.69, 9.17) is 0 Å². The van der Waals surface area contributed by atoms with E-state index in [1.54, 1.807) is 0 Å². The molecule has 0 spiro atoms. The summed E-state index contributed by atoms with van der Waals surface area (Å²) >= 11 is 2.99. The molecule has 0 N–H and O–H groups in total. The van der Waals surface area contributed by atoms with E-state index in [1.165, 1.54) is 7.11 Å². The van der Waals surface area contributed by atoms with Gasteiger partial charge in [-0.05, 0) is 22.0 Å². The van der Waals surface area contributed by atoms with Crippen LogP contribution in [0.3, 0.4) is 0 Å². The Labute approximate surface area is 76.7 Å². The van der Waals surface area contributed by atoms with Crippen LogP contribution in [0.4, 0.5) is 4.39 Å². The van der Waals surface area contributed by atoms with E-state index in [-0.39, 0.29) is 10.2 Å². The van der Waals surface area contributed by atoms with Crippen LogP contribution in [0.2, 0.25) is 0 Å². The Balaban J connectivity index is 3.09. The summed E-state index contributed by atoms with van der Waals surface area (Å²) in [5, 5.41) is 0. The lowest BCUT2D eigenvalue weighted by Gasteiger charge is -1.99. The first-order valence-electron chi connectivity index (χ1n) is 3.04. The number of carbonyl (C=O) groups excluding carboxylic acids is 1. The summed E-state index contributed by atoms with van der Waals surface area (Å²) < 4.78 is 17.2. The maximum atomic E-state index is 12.5. The molecule has 0 atom stereocenters. The number of esters is 1. The summed E-state index contributed by atoms with van der Waals surface area (Å²) in [5.41, 5.74) is 0.0684. The fourth-order valence-corrected chi connectivity index (χ4v) is 1.14. The summed E-state index contributed by atoms with van der Waals surface area (Å²) in [4.78, 5) is 14.5. The van der Waals surface area contributed by atoms with Gasteiger partial charge in [-0.25, -0.2) is 14.2 Å². The van der Waals surface area contributed by atoms with Crippen molar-refractivity contribution in [3.05, 3.63) is 28.2 Å². The Morgan fingerprint density at radius 1 is 1.75 bits per heavy atom. The van der Waals surface area contributed by atoms with Crippen LogP contribution in [0.5, 0.6) is 0 Å². The third-order valence-electron chi connectivity index (χ3n) is 1.19. The highest BCUT2D eigenvalue weighted by Crippen LogP contribution is 2.15. The molecule has 1 aromatic rings. The highest BCUT2D eigenvalue weighted by atomic mass is 79.9. The van der Waals surface area contributed by atoms with E-state index in [0.717, 1.165) is 12.3 Å². The lowest BCUT2D eigenvalue weighted by Crippen LogP contribution is -2.05. The first-order chi connectivity index (χ1) is 5.65. The number of carbonyl (C=O) groups is 1. The van der Waals surface area contributed by atoms with E-state index in [1.807, 2.05) is 0 Å². The third kappa shape index (κ3) is 1.79. The van der Waals surface area contributed by atoms with Crippen molar-refractivity contribution in [1.82, 2.24) is 4.98 Å². The Morgan fingerprint density at radius 2 is 2.42 bits per heavy atom. The minimum absolute atomic E-state index is 0.0684. The van der Waals surface area contributed by atoms with Crippen molar-refractivity contribution in [3.8, 4) is 0 Å². The Morgan fingerprint density at radius 3 is 2.92 bits per heavy atom. The number of hydrogen-bond acceptors (Lipinski definition) is 3. The molecule has 0 aliphatic carbocycles. The van der Waals surface area contributed by atoms with Crippen LogP contribution < -0.4 is 0 Å². The number of nitrogens with zero attached hydrogens (tertiary/aromatic N) is 1. The van der Waals surface area contributed by atoms with Gasteiger partial charge in [0.05, 0.1) is 17.8 Å². The van der Waals surface area contributed by atoms with Crippen LogP contribution in [0.1, 0.15) is 10.5 Å². The lowest BCUT2D eigenvalue weighted by atomic mass is 10.3. The highest BCUT2D eigenvalue weighted by Gasteiger charge is 2.11. The van der Waals surface area contributed by atoms with Crippen molar-refractivity contribution in [2.24, 2.45) is 0 Å². The quantitative estimate of drug-likeness (QED) is 0.695. The molecular formula is C7H5BrFNO2. The van der Waals surface area contributed by atoms with Crippen molar-refractivity contribution in [2.75, 3.05) is 7.11 Å². The number of rotatable bonds is 1. The van der Waals surface area contributed by atoms with Gasteiger partial charge in [0.15, 0.2) is 5.69 Å². The van der Waals surface area contributed by atoms with Crippen LogP contribution >= 0.6 is 15.9 Å². The second-order valence-electron chi connectivity index (χ2n) is 1.98. The molecule has 0 saturated carbocycles. The molecule has 1 rings (SSSR count). The zero-order valence-corrected chi connectivity index (χ0v) is 7.76. The van der Waals surface area contributed by atoms with Crippen LogP contribution in [-0.2, 0) is 4.74 Å². The van der Waals surface area contributed by atoms with Crippen molar-refractivity contribution in [3.63, 3.8) is 0 Å². The average Bonchev–Trinajstić information content (AvgIpc) is 2.03. The highest BCUT2D eigenvalue weighted by molar-refractivity contribution is 9.10. The van der Waals surface area contributed by atoms with E-state index in [9.17, 15) is 9.18 Å². The number of hydrogen-bond donors (Lipinski definition) is 0. The SMILES string of the molecule is COC(=O)c1ncc(F)cc1Br. The van der Waals surface area contributed by atoms with Crippen LogP contribution in [0, 0.1) is 5.82 Å². The minimum Gasteiger partial charge on any atom is -0.464 e. The van der Waals surface area contributed by atoms with Crippen LogP contribution in [-0.4, -0.2) is 18.1 Å². The molecule has 0 bridgehead atoms. The van der Waals surface area contributed by atoms with Gasteiger partial charge in [-0.15, -0.1) is 0 Å². The molecule has 0 aliphatic rings. The largest absolute Gasteiger partial charge is 0.464 e. The number of methoxy groups -OCH3 is 1. The summed E-state index contributed by atoms with van der Waals surface area (Å²) in [7, 11) is 1.24. The molecule has 0 radical (unpaired) electrons. The molecular weight excluding hydrogens is 229 g/mol. The van der Waals surface area contributed by atoms with Crippen molar-refractivity contribution >= 4 is 21.9 Å². The van der Waals surface area contributed by atoms with Crippen LogP contribution in [0.25, 0.3) is 0 Å². The zero-order chi connectivity index (χ0) is 9.14. The molecule has 1 heterocycles. The maximum absolute atomic E-state index is 12.5. The number of pyridine rings is 1. The van der Waals surface area contributed by atoms with Gasteiger partial charge in [0, 0.05) is 0 Å². The van der Waals surface area contributed by atoms with Gasteiger partial charge >= 0.3 is 5.97 Å². The molecule has 64 valence electrons. The first-order valence-corrected chi connectivity index (χ1v) is 3.84. The molecule has 1 aromatic heterocycles. The van der Waals surface area contributed by atoms with E-state index in [0.29, 0.717) is 0 Å². The molecule has 0 saturated heterocycles. The predicted molar refractivity (Wildman–Crippen MR) is 43.2 cm³/mol. The topological polar surface area (TPSA) is 39.2 Å². The van der Waals surface area contributed by atoms with Gasteiger partial charge in [-0.1, -0.05) is 0 Å².